The van der Waals surface area contributed by atoms with Gasteiger partial charge in [-0.25, -0.2) is 9.59 Å². The molecule has 1 aromatic carbocycles. The van der Waals surface area contributed by atoms with Gasteiger partial charge >= 0.3 is 12.1 Å². The highest BCUT2D eigenvalue weighted by molar-refractivity contribution is 6.30. The zero-order chi connectivity index (χ0) is 17.8. The lowest BCUT2D eigenvalue weighted by molar-refractivity contribution is -0.163. The zero-order valence-electron chi connectivity index (χ0n) is 13.6. The number of carboxylic acids is 1. The first-order valence-electron chi connectivity index (χ1n) is 7.22. The van der Waals surface area contributed by atoms with E-state index in [0.717, 1.165) is 0 Å². The predicted octanol–water partition coefficient (Wildman–Crippen LogP) is 2.92. The van der Waals surface area contributed by atoms with Crippen LogP contribution in [0.2, 0.25) is 5.02 Å². The smallest absolute Gasteiger partial charge is 0.407 e. The lowest BCUT2D eigenvalue weighted by atomic mass is 9.85. The largest absolute Gasteiger partial charge is 0.479 e. The Morgan fingerprint density at radius 2 is 1.78 bits per heavy atom. The van der Waals surface area contributed by atoms with Crippen LogP contribution in [0.5, 0.6) is 0 Å². The minimum Gasteiger partial charge on any atom is -0.479 e. The second kappa shape index (κ2) is 7.19. The van der Waals surface area contributed by atoms with Crippen LogP contribution in [0.4, 0.5) is 4.79 Å². The predicted molar refractivity (Wildman–Crippen MR) is 86.4 cm³/mol. The Kier molecular flexibility index (Phi) is 6.02. The maximum atomic E-state index is 11.9. The summed E-state index contributed by atoms with van der Waals surface area (Å²) in [6, 6.07) is 4.71. The standard InChI is InChI=1S/C16H22ClNO5/c1-5-12(18-14(21)23-15(2,3)4)16(22,13(19)20)10-6-8-11(17)9-7-10/h6-9,12,22H,5H2,1-4H3,(H,18,21)(H,19,20)/t12?,16-/m1/s1. The molecule has 0 aliphatic heterocycles. The number of rotatable bonds is 5. The first-order valence-corrected chi connectivity index (χ1v) is 7.59. The van der Waals surface area contributed by atoms with Crippen LogP contribution >= 0.6 is 11.6 Å². The molecule has 0 saturated heterocycles. The molecule has 0 heterocycles. The summed E-state index contributed by atoms with van der Waals surface area (Å²) in [7, 11) is 0. The van der Waals surface area contributed by atoms with Crippen LogP contribution < -0.4 is 5.32 Å². The van der Waals surface area contributed by atoms with E-state index in [1.54, 1.807) is 27.7 Å². The van der Waals surface area contributed by atoms with Crippen molar-refractivity contribution in [2.75, 3.05) is 0 Å². The van der Waals surface area contributed by atoms with Crippen molar-refractivity contribution in [3.63, 3.8) is 0 Å². The minimum absolute atomic E-state index is 0.123. The molecular weight excluding hydrogens is 322 g/mol. The molecule has 7 heteroatoms. The van der Waals surface area contributed by atoms with Crippen molar-refractivity contribution < 1.29 is 24.5 Å². The molecule has 0 bridgehead atoms. The van der Waals surface area contributed by atoms with Crippen molar-refractivity contribution in [3.05, 3.63) is 34.9 Å². The summed E-state index contributed by atoms with van der Waals surface area (Å²) in [5.74, 6) is -1.47. The van der Waals surface area contributed by atoms with Crippen molar-refractivity contribution >= 4 is 23.7 Å². The van der Waals surface area contributed by atoms with E-state index in [4.69, 9.17) is 16.3 Å². The molecule has 1 rings (SSSR count). The van der Waals surface area contributed by atoms with Crippen LogP contribution in [0.25, 0.3) is 0 Å². The molecule has 0 aromatic heterocycles. The first-order chi connectivity index (χ1) is 10.5. The van der Waals surface area contributed by atoms with Crippen molar-refractivity contribution in [1.29, 1.82) is 0 Å². The Morgan fingerprint density at radius 1 is 1.26 bits per heavy atom. The molecule has 0 spiro atoms. The summed E-state index contributed by atoms with van der Waals surface area (Å²) >= 11 is 5.79. The number of halogens is 1. The number of amides is 1. The molecule has 6 nitrogen and oxygen atoms in total. The molecular formula is C16H22ClNO5. The topological polar surface area (TPSA) is 95.9 Å². The first kappa shape index (κ1) is 19.3. The summed E-state index contributed by atoms with van der Waals surface area (Å²) in [6.45, 7) is 6.73. The van der Waals surface area contributed by atoms with E-state index in [2.05, 4.69) is 5.32 Å². The summed E-state index contributed by atoms with van der Waals surface area (Å²) < 4.78 is 5.12. The molecule has 0 fully saturated rings. The highest BCUT2D eigenvalue weighted by atomic mass is 35.5. The van der Waals surface area contributed by atoms with Crippen LogP contribution in [0, 0.1) is 0 Å². The molecule has 3 N–H and O–H groups in total. The van der Waals surface area contributed by atoms with E-state index in [1.807, 2.05) is 0 Å². The third kappa shape index (κ3) is 4.84. The average molecular weight is 344 g/mol. The second-order valence-corrected chi connectivity index (χ2v) is 6.62. The van der Waals surface area contributed by atoms with Crippen molar-refractivity contribution in [2.45, 2.75) is 51.4 Å². The van der Waals surface area contributed by atoms with Crippen LogP contribution in [0.3, 0.4) is 0 Å². The van der Waals surface area contributed by atoms with Gasteiger partial charge in [-0.3, -0.25) is 0 Å². The van der Waals surface area contributed by atoms with Gasteiger partial charge < -0.3 is 20.3 Å². The maximum Gasteiger partial charge on any atom is 0.407 e. The zero-order valence-corrected chi connectivity index (χ0v) is 14.3. The Bertz CT molecular complexity index is 567. The molecule has 1 amide bonds. The van der Waals surface area contributed by atoms with Gasteiger partial charge in [0.1, 0.15) is 5.60 Å². The molecule has 0 aliphatic carbocycles. The number of alkyl carbamates (subject to hydrolysis) is 1. The number of aliphatic hydroxyl groups is 1. The SMILES string of the molecule is CCC(NC(=O)OC(C)(C)C)[C@@](O)(C(=O)O)c1ccc(Cl)cc1. The summed E-state index contributed by atoms with van der Waals surface area (Å²) in [5.41, 5.74) is -2.91. The van der Waals surface area contributed by atoms with Crippen molar-refractivity contribution in [3.8, 4) is 0 Å². The van der Waals surface area contributed by atoms with Gasteiger partial charge in [0, 0.05) is 5.02 Å². The van der Waals surface area contributed by atoms with Gasteiger partial charge in [-0.05, 0) is 44.9 Å². The van der Waals surface area contributed by atoms with E-state index >= 15 is 0 Å². The van der Waals surface area contributed by atoms with Gasteiger partial charge in [0.05, 0.1) is 6.04 Å². The minimum atomic E-state index is -2.30. The normalized spacial score (nSPS) is 15.4. The fourth-order valence-corrected chi connectivity index (χ4v) is 2.26. The molecule has 1 aromatic rings. The Hall–Kier alpha value is -1.79. The van der Waals surface area contributed by atoms with E-state index in [-0.39, 0.29) is 12.0 Å². The highest BCUT2D eigenvalue weighted by Crippen LogP contribution is 2.29. The van der Waals surface area contributed by atoms with Crippen LogP contribution in [0.1, 0.15) is 39.7 Å². The fraction of sp³-hybridized carbons (Fsp3) is 0.500. The number of ether oxygens (including phenoxy) is 1. The molecule has 1 unspecified atom stereocenters. The van der Waals surface area contributed by atoms with E-state index in [9.17, 15) is 19.8 Å². The van der Waals surface area contributed by atoms with E-state index in [1.165, 1.54) is 24.3 Å². The number of hydrogen-bond donors (Lipinski definition) is 3. The molecule has 0 saturated carbocycles. The maximum absolute atomic E-state index is 11.9. The number of aliphatic carboxylic acids is 1. The number of carbonyl (C=O) groups is 2. The number of nitrogens with one attached hydrogen (secondary N) is 1. The van der Waals surface area contributed by atoms with E-state index < -0.39 is 29.3 Å². The van der Waals surface area contributed by atoms with Gasteiger partial charge in [0.2, 0.25) is 5.60 Å². The summed E-state index contributed by atoms with van der Waals surface area (Å²) in [6.07, 6.45) is -0.608. The van der Waals surface area contributed by atoms with Gasteiger partial charge in [0.15, 0.2) is 0 Å². The third-order valence-corrected chi connectivity index (χ3v) is 3.47. The van der Waals surface area contributed by atoms with Gasteiger partial charge in [-0.2, -0.15) is 0 Å². The van der Waals surface area contributed by atoms with Gasteiger partial charge in [0.25, 0.3) is 0 Å². The van der Waals surface area contributed by atoms with Gasteiger partial charge in [-0.15, -0.1) is 0 Å². The summed E-state index contributed by atoms with van der Waals surface area (Å²) in [5, 5.41) is 23.1. The summed E-state index contributed by atoms with van der Waals surface area (Å²) in [4.78, 5) is 23.6. The number of hydrogen-bond acceptors (Lipinski definition) is 4. The monoisotopic (exact) mass is 343 g/mol. The molecule has 2 atom stereocenters. The second-order valence-electron chi connectivity index (χ2n) is 6.19. The quantitative estimate of drug-likeness (QED) is 0.764. The molecule has 128 valence electrons. The molecule has 0 aliphatic rings. The van der Waals surface area contributed by atoms with E-state index in [0.29, 0.717) is 5.02 Å². The van der Waals surface area contributed by atoms with Crippen LogP contribution in [-0.2, 0) is 15.1 Å². The average Bonchev–Trinajstić information content (AvgIpc) is 2.42. The number of carboxylic acid groups (broad SMARTS) is 1. The lowest BCUT2D eigenvalue weighted by Gasteiger charge is -2.33. The fourth-order valence-electron chi connectivity index (χ4n) is 2.13. The Labute approximate surface area is 140 Å². The van der Waals surface area contributed by atoms with Crippen LogP contribution in [0.15, 0.2) is 24.3 Å². The molecule has 23 heavy (non-hydrogen) atoms. The van der Waals surface area contributed by atoms with Crippen molar-refractivity contribution in [2.24, 2.45) is 0 Å². The van der Waals surface area contributed by atoms with Crippen molar-refractivity contribution in [1.82, 2.24) is 5.32 Å². The molecule has 0 radical (unpaired) electrons. The number of benzene rings is 1. The lowest BCUT2D eigenvalue weighted by Crippen LogP contribution is -2.55. The van der Waals surface area contributed by atoms with Crippen LogP contribution in [-0.4, -0.2) is 33.9 Å². The Balaban J connectivity index is 3.12. The van der Waals surface area contributed by atoms with Gasteiger partial charge in [-0.1, -0.05) is 30.7 Å². The number of carbonyl (C=O) groups excluding carboxylic acids is 1. The third-order valence-electron chi connectivity index (χ3n) is 3.21. The Morgan fingerprint density at radius 3 is 2.17 bits per heavy atom. The highest BCUT2D eigenvalue weighted by Gasteiger charge is 2.46.